The first-order chi connectivity index (χ1) is 10.5. The number of hydrogen-bond donors (Lipinski definition) is 3. The summed E-state index contributed by atoms with van der Waals surface area (Å²) in [5.41, 5.74) is 2.31. The zero-order valence-corrected chi connectivity index (χ0v) is 14.3. The number of anilines is 1. The quantitative estimate of drug-likeness (QED) is 0.564. The van der Waals surface area contributed by atoms with E-state index in [2.05, 4.69) is 26.6 Å². The van der Waals surface area contributed by atoms with Gasteiger partial charge in [-0.15, -0.1) is 0 Å². The van der Waals surface area contributed by atoms with Crippen molar-refractivity contribution in [2.45, 2.75) is 13.3 Å². The van der Waals surface area contributed by atoms with E-state index in [9.17, 15) is 9.90 Å². The number of amides is 1. The third-order valence-corrected chi connectivity index (χ3v) is 3.78. The molecule has 3 N–H and O–H groups in total. The fourth-order valence-electron chi connectivity index (χ4n) is 1.92. The minimum absolute atomic E-state index is 0.182. The highest BCUT2D eigenvalue weighted by Crippen LogP contribution is 2.30. The molecule has 0 aliphatic heterocycles. The number of hydrogen-bond acceptors (Lipinski definition) is 3. The molecule has 0 fully saturated rings. The molecule has 0 saturated carbocycles. The number of thiocarbonyl (C=S) groups is 1. The van der Waals surface area contributed by atoms with Crippen LogP contribution in [0.2, 0.25) is 0 Å². The van der Waals surface area contributed by atoms with Crippen LogP contribution in [-0.4, -0.2) is 16.1 Å². The molecule has 2 aromatic carbocycles. The fraction of sp³-hybridized carbons (Fsp3) is 0.125. The second-order valence-electron chi connectivity index (χ2n) is 4.79. The van der Waals surface area contributed by atoms with E-state index < -0.39 is 0 Å². The number of phenolic OH excluding ortho intramolecular Hbond substituents is 1. The summed E-state index contributed by atoms with van der Waals surface area (Å²) in [6.07, 6.45) is 0.265. The van der Waals surface area contributed by atoms with Crippen LogP contribution >= 0.6 is 28.1 Å². The molecule has 22 heavy (non-hydrogen) atoms. The van der Waals surface area contributed by atoms with Crippen molar-refractivity contribution in [3.8, 4) is 5.75 Å². The molecule has 6 heteroatoms. The standard InChI is InChI=1S/C16H15BrN2O2S/c1-10-7-12(9-13(17)15(10)21)18-16(22)19-14(20)8-11-5-3-2-4-6-11/h2-7,9,21H,8H2,1H3,(H2,18,19,20,22). The average molecular weight is 379 g/mol. The molecule has 0 aliphatic carbocycles. The largest absolute Gasteiger partial charge is 0.506 e. The van der Waals surface area contributed by atoms with Crippen LogP contribution in [0, 0.1) is 6.92 Å². The van der Waals surface area contributed by atoms with Gasteiger partial charge in [-0.1, -0.05) is 30.3 Å². The number of aromatic hydroxyl groups is 1. The molecule has 0 atom stereocenters. The van der Waals surface area contributed by atoms with Gasteiger partial charge in [0.1, 0.15) is 5.75 Å². The molecular formula is C16H15BrN2O2S. The molecule has 2 aromatic rings. The molecule has 0 spiro atoms. The molecule has 1 amide bonds. The minimum Gasteiger partial charge on any atom is -0.506 e. The maximum atomic E-state index is 11.9. The van der Waals surface area contributed by atoms with Crippen molar-refractivity contribution in [2.24, 2.45) is 0 Å². The fourth-order valence-corrected chi connectivity index (χ4v) is 2.71. The van der Waals surface area contributed by atoms with E-state index in [1.54, 1.807) is 19.1 Å². The molecule has 2 rings (SSSR count). The third kappa shape index (κ3) is 4.54. The molecule has 114 valence electrons. The smallest absolute Gasteiger partial charge is 0.230 e. The van der Waals surface area contributed by atoms with Gasteiger partial charge in [-0.25, -0.2) is 0 Å². The lowest BCUT2D eigenvalue weighted by Crippen LogP contribution is -2.35. The summed E-state index contributed by atoms with van der Waals surface area (Å²) in [7, 11) is 0. The second kappa shape index (κ2) is 7.38. The Morgan fingerprint density at radius 2 is 1.95 bits per heavy atom. The number of aryl methyl sites for hydroxylation is 1. The van der Waals surface area contributed by atoms with E-state index >= 15 is 0 Å². The van der Waals surface area contributed by atoms with Crippen LogP contribution in [0.15, 0.2) is 46.9 Å². The topological polar surface area (TPSA) is 61.4 Å². The number of rotatable bonds is 3. The molecule has 0 bridgehead atoms. The summed E-state index contributed by atoms with van der Waals surface area (Å²) in [5.74, 6) is 0.00264. The summed E-state index contributed by atoms with van der Waals surface area (Å²) >= 11 is 8.39. The number of phenols is 1. The number of carbonyl (C=O) groups excluding carboxylic acids is 1. The van der Waals surface area contributed by atoms with E-state index in [1.165, 1.54) is 0 Å². The van der Waals surface area contributed by atoms with Crippen LogP contribution in [-0.2, 0) is 11.2 Å². The number of carbonyl (C=O) groups is 1. The Morgan fingerprint density at radius 3 is 2.59 bits per heavy atom. The van der Waals surface area contributed by atoms with Crippen LogP contribution in [0.5, 0.6) is 5.75 Å². The molecule has 0 saturated heterocycles. The van der Waals surface area contributed by atoms with Crippen molar-refractivity contribution in [2.75, 3.05) is 5.32 Å². The van der Waals surface area contributed by atoms with Gasteiger partial charge >= 0.3 is 0 Å². The highest BCUT2D eigenvalue weighted by atomic mass is 79.9. The van der Waals surface area contributed by atoms with E-state index in [-0.39, 0.29) is 23.2 Å². The minimum atomic E-state index is -0.182. The van der Waals surface area contributed by atoms with Crippen LogP contribution in [0.3, 0.4) is 0 Å². The van der Waals surface area contributed by atoms with Crippen molar-refractivity contribution in [1.82, 2.24) is 5.32 Å². The Kier molecular flexibility index (Phi) is 5.51. The lowest BCUT2D eigenvalue weighted by atomic mass is 10.1. The van der Waals surface area contributed by atoms with E-state index in [0.717, 1.165) is 5.56 Å². The first kappa shape index (κ1) is 16.5. The van der Waals surface area contributed by atoms with Crippen molar-refractivity contribution < 1.29 is 9.90 Å². The van der Waals surface area contributed by atoms with Crippen LogP contribution in [0.25, 0.3) is 0 Å². The molecule has 0 radical (unpaired) electrons. The summed E-state index contributed by atoms with van der Waals surface area (Å²) < 4.78 is 0.563. The first-order valence-corrected chi connectivity index (χ1v) is 7.79. The Balaban J connectivity index is 1.94. The van der Waals surface area contributed by atoms with Crippen LogP contribution < -0.4 is 10.6 Å². The highest BCUT2D eigenvalue weighted by molar-refractivity contribution is 9.10. The highest BCUT2D eigenvalue weighted by Gasteiger charge is 2.08. The lowest BCUT2D eigenvalue weighted by molar-refractivity contribution is -0.119. The van der Waals surface area contributed by atoms with E-state index in [1.807, 2.05) is 30.3 Å². The predicted molar refractivity (Wildman–Crippen MR) is 95.1 cm³/mol. The van der Waals surface area contributed by atoms with E-state index in [0.29, 0.717) is 15.7 Å². The first-order valence-electron chi connectivity index (χ1n) is 6.59. The maximum Gasteiger partial charge on any atom is 0.230 e. The van der Waals surface area contributed by atoms with Gasteiger partial charge in [-0.3, -0.25) is 4.79 Å². The van der Waals surface area contributed by atoms with Gasteiger partial charge < -0.3 is 15.7 Å². The van der Waals surface area contributed by atoms with Gasteiger partial charge in [0, 0.05) is 5.69 Å². The lowest BCUT2D eigenvalue weighted by Gasteiger charge is -2.11. The normalized spacial score (nSPS) is 10.1. The third-order valence-electron chi connectivity index (χ3n) is 2.97. The van der Waals surface area contributed by atoms with Gasteiger partial charge in [0.25, 0.3) is 0 Å². The van der Waals surface area contributed by atoms with Gasteiger partial charge in [0.15, 0.2) is 5.11 Å². The van der Waals surface area contributed by atoms with Crippen molar-refractivity contribution >= 4 is 44.9 Å². The molecule has 0 aromatic heterocycles. The van der Waals surface area contributed by atoms with Crippen LogP contribution in [0.1, 0.15) is 11.1 Å². The van der Waals surface area contributed by atoms with Crippen molar-refractivity contribution in [1.29, 1.82) is 0 Å². The molecular weight excluding hydrogens is 364 g/mol. The van der Waals surface area contributed by atoms with Crippen molar-refractivity contribution in [3.63, 3.8) is 0 Å². The summed E-state index contributed by atoms with van der Waals surface area (Å²) in [5, 5.41) is 15.5. The Hall–Kier alpha value is -1.92. The van der Waals surface area contributed by atoms with Gasteiger partial charge in [-0.2, -0.15) is 0 Å². The van der Waals surface area contributed by atoms with Crippen molar-refractivity contribution in [3.05, 3.63) is 58.1 Å². The number of nitrogens with one attached hydrogen (secondary N) is 2. The van der Waals surface area contributed by atoms with Gasteiger partial charge in [-0.05, 0) is 58.3 Å². The van der Waals surface area contributed by atoms with E-state index in [4.69, 9.17) is 12.2 Å². The maximum absolute atomic E-state index is 11.9. The SMILES string of the molecule is Cc1cc(NC(=S)NC(=O)Cc2ccccc2)cc(Br)c1O. The predicted octanol–water partition coefficient (Wildman–Crippen LogP) is 3.52. The Labute approximate surface area is 142 Å². The second-order valence-corrected chi connectivity index (χ2v) is 6.05. The van der Waals surface area contributed by atoms with Gasteiger partial charge in [0.05, 0.1) is 10.9 Å². The van der Waals surface area contributed by atoms with Crippen LogP contribution in [0.4, 0.5) is 5.69 Å². The average Bonchev–Trinajstić information content (AvgIpc) is 2.45. The summed E-state index contributed by atoms with van der Waals surface area (Å²) in [4.78, 5) is 11.9. The monoisotopic (exact) mass is 378 g/mol. The molecule has 0 aliphatic rings. The summed E-state index contributed by atoms with van der Waals surface area (Å²) in [6, 6.07) is 12.9. The zero-order valence-electron chi connectivity index (χ0n) is 11.9. The summed E-state index contributed by atoms with van der Waals surface area (Å²) in [6.45, 7) is 1.78. The number of benzene rings is 2. The Bertz CT molecular complexity index is 682. The van der Waals surface area contributed by atoms with Gasteiger partial charge in [0.2, 0.25) is 5.91 Å². The zero-order chi connectivity index (χ0) is 16.1. The number of halogens is 1. The molecule has 4 nitrogen and oxygen atoms in total. The molecule has 0 unspecified atom stereocenters. The Morgan fingerprint density at radius 1 is 1.27 bits per heavy atom. The molecule has 0 heterocycles.